The average molecular weight is 294 g/mol. The summed E-state index contributed by atoms with van der Waals surface area (Å²) in [7, 11) is 0. The Balaban J connectivity index is 1.60. The average Bonchev–Trinajstić information content (AvgIpc) is 3.12. The van der Waals surface area contributed by atoms with Crippen molar-refractivity contribution in [3.63, 3.8) is 0 Å². The van der Waals surface area contributed by atoms with Gasteiger partial charge in [0.1, 0.15) is 6.54 Å². The van der Waals surface area contributed by atoms with Gasteiger partial charge in [-0.3, -0.25) is 20.3 Å². The van der Waals surface area contributed by atoms with Crippen LogP contribution in [0.5, 0.6) is 0 Å². The number of hydrogen-bond acceptors (Lipinski definition) is 3. The minimum atomic E-state index is -0.594. The number of carbonyl (C=O) groups excluding carboxylic acids is 3. The molecule has 7 heteroatoms. The summed E-state index contributed by atoms with van der Waals surface area (Å²) in [4.78, 5) is 34.3. The molecule has 2 atom stereocenters. The van der Waals surface area contributed by atoms with Crippen LogP contribution in [-0.4, -0.2) is 29.4 Å². The molecule has 1 aliphatic heterocycles. The molecule has 0 bridgehead atoms. The highest BCUT2D eigenvalue weighted by Crippen LogP contribution is 2.47. The molecule has 2 aliphatic rings. The van der Waals surface area contributed by atoms with Gasteiger partial charge in [-0.1, -0.05) is 23.7 Å². The highest BCUT2D eigenvalue weighted by atomic mass is 35.5. The molecule has 0 unspecified atom stereocenters. The number of hydrogen-bond donors (Lipinski definition) is 2. The number of carbonyl (C=O) groups is 3. The van der Waals surface area contributed by atoms with Gasteiger partial charge >= 0.3 is 6.03 Å². The van der Waals surface area contributed by atoms with Crippen LogP contribution in [0.3, 0.4) is 0 Å². The number of amides is 4. The SMILES string of the molecule is O=C1CN(NC(=O)[C@@H]2C[C@@H]2c2cccc(Cl)c2)C(=O)N1. The lowest BCUT2D eigenvalue weighted by Gasteiger charge is -2.14. The molecule has 1 heterocycles. The normalized spacial score (nSPS) is 24.6. The van der Waals surface area contributed by atoms with Gasteiger partial charge in [0, 0.05) is 10.9 Å². The minimum absolute atomic E-state index is 0.120. The van der Waals surface area contributed by atoms with Crippen molar-refractivity contribution in [2.75, 3.05) is 6.54 Å². The lowest BCUT2D eigenvalue weighted by atomic mass is 10.1. The molecule has 1 saturated carbocycles. The first-order chi connectivity index (χ1) is 9.54. The number of hydrazine groups is 1. The van der Waals surface area contributed by atoms with Crippen molar-refractivity contribution < 1.29 is 14.4 Å². The van der Waals surface area contributed by atoms with Crippen LogP contribution in [0.1, 0.15) is 17.9 Å². The molecule has 1 saturated heterocycles. The van der Waals surface area contributed by atoms with E-state index in [1.165, 1.54) is 0 Å². The number of rotatable bonds is 3. The zero-order valence-corrected chi connectivity index (χ0v) is 11.2. The first kappa shape index (κ1) is 12.9. The zero-order valence-electron chi connectivity index (χ0n) is 10.4. The molecule has 1 aromatic carbocycles. The van der Waals surface area contributed by atoms with Gasteiger partial charge in [-0.15, -0.1) is 0 Å². The molecule has 1 aliphatic carbocycles. The quantitative estimate of drug-likeness (QED) is 0.817. The topological polar surface area (TPSA) is 78.5 Å². The lowest BCUT2D eigenvalue weighted by Crippen LogP contribution is -2.45. The summed E-state index contributed by atoms with van der Waals surface area (Å²) in [6.45, 7) is -0.140. The Morgan fingerprint density at radius 1 is 1.40 bits per heavy atom. The summed E-state index contributed by atoms with van der Waals surface area (Å²) in [5, 5.41) is 3.73. The molecule has 0 spiro atoms. The summed E-state index contributed by atoms with van der Waals surface area (Å²) < 4.78 is 0. The highest BCUT2D eigenvalue weighted by molar-refractivity contribution is 6.30. The molecule has 6 nitrogen and oxygen atoms in total. The molecule has 104 valence electrons. The van der Waals surface area contributed by atoms with Gasteiger partial charge in [-0.2, -0.15) is 0 Å². The van der Waals surface area contributed by atoms with Gasteiger partial charge in [0.05, 0.1) is 0 Å². The molecular weight excluding hydrogens is 282 g/mol. The summed E-state index contributed by atoms with van der Waals surface area (Å²) in [6, 6.07) is 6.80. The number of benzene rings is 1. The zero-order chi connectivity index (χ0) is 14.3. The third-order valence-electron chi connectivity index (χ3n) is 3.44. The number of imide groups is 1. The van der Waals surface area contributed by atoms with Crippen molar-refractivity contribution in [3.8, 4) is 0 Å². The molecule has 0 aromatic heterocycles. The summed E-state index contributed by atoms with van der Waals surface area (Å²) >= 11 is 5.92. The Morgan fingerprint density at radius 3 is 2.85 bits per heavy atom. The molecule has 0 radical (unpaired) electrons. The number of nitrogens with one attached hydrogen (secondary N) is 2. The molecule has 2 fully saturated rings. The first-order valence-electron chi connectivity index (χ1n) is 6.22. The fourth-order valence-corrected chi connectivity index (χ4v) is 2.54. The van der Waals surface area contributed by atoms with Crippen molar-refractivity contribution in [2.24, 2.45) is 5.92 Å². The van der Waals surface area contributed by atoms with E-state index < -0.39 is 11.9 Å². The van der Waals surface area contributed by atoms with Crippen LogP contribution in [0.15, 0.2) is 24.3 Å². The van der Waals surface area contributed by atoms with Crippen LogP contribution in [0.4, 0.5) is 4.79 Å². The maximum atomic E-state index is 12.0. The highest BCUT2D eigenvalue weighted by Gasteiger charge is 2.45. The molecule has 1 aromatic rings. The van der Waals surface area contributed by atoms with Gasteiger partial charge in [-0.25, -0.2) is 9.80 Å². The second-order valence-electron chi connectivity index (χ2n) is 4.92. The van der Waals surface area contributed by atoms with E-state index in [0.29, 0.717) is 5.02 Å². The van der Waals surface area contributed by atoms with Crippen LogP contribution >= 0.6 is 11.6 Å². The van der Waals surface area contributed by atoms with Gasteiger partial charge < -0.3 is 0 Å². The van der Waals surface area contributed by atoms with E-state index in [4.69, 9.17) is 11.6 Å². The largest absolute Gasteiger partial charge is 0.343 e. The van der Waals surface area contributed by atoms with E-state index in [2.05, 4.69) is 10.7 Å². The number of urea groups is 1. The predicted molar refractivity (Wildman–Crippen MR) is 70.7 cm³/mol. The third kappa shape index (κ3) is 2.46. The minimum Gasteiger partial charge on any atom is -0.275 e. The van der Waals surface area contributed by atoms with E-state index in [1.807, 2.05) is 18.2 Å². The molecule has 3 rings (SSSR count). The van der Waals surface area contributed by atoms with E-state index >= 15 is 0 Å². The second-order valence-corrected chi connectivity index (χ2v) is 5.36. The van der Waals surface area contributed by atoms with E-state index in [0.717, 1.165) is 17.0 Å². The van der Waals surface area contributed by atoms with Gasteiger partial charge in [-0.05, 0) is 30.0 Å². The predicted octanol–water partition coefficient (Wildman–Crippen LogP) is 1.03. The van der Waals surface area contributed by atoms with Crippen LogP contribution in [0.25, 0.3) is 0 Å². The maximum Gasteiger partial charge on any atom is 0.343 e. The van der Waals surface area contributed by atoms with Gasteiger partial charge in [0.2, 0.25) is 11.8 Å². The monoisotopic (exact) mass is 293 g/mol. The Kier molecular flexibility index (Phi) is 3.10. The molecule has 2 N–H and O–H groups in total. The Bertz CT molecular complexity index is 604. The Hall–Kier alpha value is -2.08. The Morgan fingerprint density at radius 2 is 2.20 bits per heavy atom. The second kappa shape index (κ2) is 4.79. The molecule has 20 heavy (non-hydrogen) atoms. The standard InChI is InChI=1S/C13H12ClN3O3/c14-8-3-1-2-7(4-8)9-5-10(9)12(19)16-17-6-11(18)15-13(17)20/h1-4,9-10H,5-6H2,(H,16,19)(H,15,18,20)/t9-,10-/m1/s1. The van der Waals surface area contributed by atoms with Crippen LogP contribution in [0.2, 0.25) is 5.02 Å². The fraction of sp³-hybridized carbons (Fsp3) is 0.308. The first-order valence-corrected chi connectivity index (χ1v) is 6.59. The number of halogens is 1. The lowest BCUT2D eigenvalue weighted by molar-refractivity contribution is -0.126. The van der Waals surface area contributed by atoms with Crippen molar-refractivity contribution in [1.29, 1.82) is 0 Å². The van der Waals surface area contributed by atoms with E-state index in [9.17, 15) is 14.4 Å². The molecule has 4 amide bonds. The molecular formula is C13H12ClN3O3. The van der Waals surface area contributed by atoms with Crippen LogP contribution in [0, 0.1) is 5.92 Å². The van der Waals surface area contributed by atoms with Gasteiger partial charge in [0.25, 0.3) is 0 Å². The summed E-state index contributed by atoms with van der Waals surface area (Å²) in [5.74, 6) is -0.732. The Labute approximate surface area is 120 Å². The van der Waals surface area contributed by atoms with Crippen molar-refractivity contribution in [1.82, 2.24) is 15.8 Å². The maximum absolute atomic E-state index is 12.0. The van der Waals surface area contributed by atoms with Crippen LogP contribution < -0.4 is 10.7 Å². The summed E-state index contributed by atoms with van der Waals surface area (Å²) in [5.41, 5.74) is 3.48. The fourth-order valence-electron chi connectivity index (χ4n) is 2.34. The van der Waals surface area contributed by atoms with Crippen molar-refractivity contribution >= 4 is 29.4 Å². The van der Waals surface area contributed by atoms with Crippen LogP contribution in [-0.2, 0) is 9.59 Å². The summed E-state index contributed by atoms with van der Waals surface area (Å²) in [6.07, 6.45) is 0.718. The number of nitrogens with zero attached hydrogens (tertiary/aromatic N) is 1. The van der Waals surface area contributed by atoms with Gasteiger partial charge in [0.15, 0.2) is 0 Å². The smallest absolute Gasteiger partial charge is 0.275 e. The third-order valence-corrected chi connectivity index (χ3v) is 3.68. The van der Waals surface area contributed by atoms with Crippen molar-refractivity contribution in [3.05, 3.63) is 34.9 Å². The van der Waals surface area contributed by atoms with E-state index in [-0.39, 0.29) is 24.3 Å². The van der Waals surface area contributed by atoms with E-state index in [1.54, 1.807) is 6.07 Å². The van der Waals surface area contributed by atoms with Crippen molar-refractivity contribution in [2.45, 2.75) is 12.3 Å².